The fourth-order valence-corrected chi connectivity index (χ4v) is 1.62. The third-order valence-corrected chi connectivity index (χ3v) is 2.44. The fraction of sp³-hybridized carbons (Fsp3) is 0.875. The maximum absolute atomic E-state index is 10.4. The number of aliphatic carboxylic acids is 1. The molecule has 1 fully saturated rings. The summed E-state index contributed by atoms with van der Waals surface area (Å²) in [6.07, 6.45) is 0.868. The van der Waals surface area contributed by atoms with E-state index in [9.17, 15) is 4.79 Å². The Hall–Kier alpha value is 0.0783. The smallest absolute Gasteiger partial charge is 0.332 e. The Morgan fingerprint density at radius 3 is 2.08 bits per heavy atom. The minimum Gasteiger partial charge on any atom is -0.479 e. The minimum atomic E-state index is -1.25. The first-order valence-electron chi connectivity index (χ1n) is 4.20. The molecule has 1 aliphatic carbocycles. The molecule has 1 unspecified atom stereocenters. The van der Waals surface area contributed by atoms with Gasteiger partial charge in [-0.1, -0.05) is 0 Å². The summed E-state index contributed by atoms with van der Waals surface area (Å²) in [4.78, 5) is 10.4. The van der Waals surface area contributed by atoms with Crippen LogP contribution in [0.4, 0.5) is 0 Å². The minimum absolute atomic E-state index is 0. The summed E-state index contributed by atoms with van der Waals surface area (Å²) >= 11 is 0. The molecule has 0 bridgehead atoms. The number of carboxylic acids is 1. The zero-order valence-electron chi connectivity index (χ0n) is 7.22. The standard InChI is InChI=1S/C8H14O4.W/c9-6-3-1-5(2-4-6)7(10)8(11)12;/h5-7,9-10H,1-4H2,(H,11,12);. The van der Waals surface area contributed by atoms with Gasteiger partial charge in [-0.15, -0.1) is 0 Å². The Morgan fingerprint density at radius 1 is 1.23 bits per heavy atom. The average Bonchev–Trinajstić information content (AvgIpc) is 2.04. The third kappa shape index (κ3) is 3.75. The van der Waals surface area contributed by atoms with Crippen LogP contribution in [0.5, 0.6) is 0 Å². The van der Waals surface area contributed by atoms with Gasteiger partial charge in [0.05, 0.1) is 6.10 Å². The Kier molecular flexibility index (Phi) is 5.77. The molecule has 13 heavy (non-hydrogen) atoms. The predicted molar refractivity (Wildman–Crippen MR) is 41.6 cm³/mol. The first-order chi connectivity index (χ1) is 5.61. The summed E-state index contributed by atoms with van der Waals surface area (Å²) in [5.41, 5.74) is 0. The van der Waals surface area contributed by atoms with E-state index in [0.29, 0.717) is 25.7 Å². The van der Waals surface area contributed by atoms with E-state index in [1.54, 1.807) is 0 Å². The van der Waals surface area contributed by atoms with Gasteiger partial charge in [0.1, 0.15) is 0 Å². The fourth-order valence-electron chi connectivity index (χ4n) is 1.62. The normalized spacial score (nSPS) is 30.3. The summed E-state index contributed by atoms with van der Waals surface area (Å²) in [6, 6.07) is 0. The third-order valence-electron chi connectivity index (χ3n) is 2.44. The van der Waals surface area contributed by atoms with Crippen LogP contribution in [0.3, 0.4) is 0 Å². The van der Waals surface area contributed by atoms with Crippen molar-refractivity contribution in [3.63, 3.8) is 0 Å². The largest absolute Gasteiger partial charge is 0.479 e. The molecule has 0 saturated heterocycles. The van der Waals surface area contributed by atoms with E-state index in [-0.39, 0.29) is 33.1 Å². The Bertz CT molecular complexity index is 166. The molecule has 0 radical (unpaired) electrons. The van der Waals surface area contributed by atoms with Crippen molar-refractivity contribution in [2.45, 2.75) is 37.9 Å². The van der Waals surface area contributed by atoms with Gasteiger partial charge in [0.2, 0.25) is 0 Å². The van der Waals surface area contributed by atoms with E-state index in [1.807, 2.05) is 0 Å². The summed E-state index contributed by atoms with van der Waals surface area (Å²) in [6.45, 7) is 0. The molecule has 4 nitrogen and oxygen atoms in total. The maximum atomic E-state index is 10.4. The van der Waals surface area contributed by atoms with E-state index in [2.05, 4.69) is 0 Å². The van der Waals surface area contributed by atoms with Crippen LogP contribution in [0.1, 0.15) is 25.7 Å². The molecule has 1 aliphatic rings. The second-order valence-electron chi connectivity index (χ2n) is 3.35. The van der Waals surface area contributed by atoms with E-state index >= 15 is 0 Å². The van der Waals surface area contributed by atoms with Crippen LogP contribution in [-0.4, -0.2) is 33.5 Å². The molecular weight excluding hydrogens is 344 g/mol. The number of hydrogen-bond donors (Lipinski definition) is 3. The molecule has 3 N–H and O–H groups in total. The molecular formula is C8H14O4W. The van der Waals surface area contributed by atoms with Crippen molar-refractivity contribution in [3.05, 3.63) is 0 Å². The van der Waals surface area contributed by atoms with Crippen LogP contribution in [0, 0.1) is 5.92 Å². The first kappa shape index (κ1) is 13.1. The second kappa shape index (κ2) is 5.73. The predicted octanol–water partition coefficient (Wildman–Crippen LogP) is -0.0195. The zero-order chi connectivity index (χ0) is 9.14. The van der Waals surface area contributed by atoms with Gasteiger partial charge in [-0.25, -0.2) is 4.79 Å². The Balaban J connectivity index is 0.00000144. The van der Waals surface area contributed by atoms with Crippen molar-refractivity contribution < 1.29 is 41.2 Å². The SMILES string of the molecule is O=C(O)C(O)C1CCC(O)CC1.[W]. The summed E-state index contributed by atoms with van der Waals surface area (Å²) < 4.78 is 0. The number of carboxylic acid groups (broad SMARTS) is 1. The Labute approximate surface area is 91.2 Å². The van der Waals surface area contributed by atoms with E-state index in [4.69, 9.17) is 15.3 Å². The molecule has 0 aromatic heterocycles. The molecule has 0 spiro atoms. The van der Waals surface area contributed by atoms with Crippen LogP contribution in [0.15, 0.2) is 0 Å². The van der Waals surface area contributed by atoms with Crippen LogP contribution in [0.25, 0.3) is 0 Å². The van der Waals surface area contributed by atoms with Gasteiger partial charge >= 0.3 is 5.97 Å². The zero-order valence-corrected chi connectivity index (χ0v) is 10.2. The summed E-state index contributed by atoms with van der Waals surface area (Å²) in [5, 5.41) is 26.8. The molecule has 0 aliphatic heterocycles. The maximum Gasteiger partial charge on any atom is 0.332 e. The van der Waals surface area contributed by atoms with Gasteiger partial charge in [-0.05, 0) is 31.6 Å². The summed E-state index contributed by atoms with van der Waals surface area (Å²) in [7, 11) is 0. The van der Waals surface area contributed by atoms with Gasteiger partial charge in [0.25, 0.3) is 0 Å². The van der Waals surface area contributed by atoms with Crippen LogP contribution >= 0.6 is 0 Å². The second-order valence-corrected chi connectivity index (χ2v) is 3.35. The van der Waals surface area contributed by atoms with Crippen molar-refractivity contribution in [3.8, 4) is 0 Å². The van der Waals surface area contributed by atoms with Gasteiger partial charge in [-0.2, -0.15) is 0 Å². The van der Waals surface area contributed by atoms with Gasteiger partial charge in [-0.3, -0.25) is 0 Å². The van der Waals surface area contributed by atoms with Gasteiger partial charge < -0.3 is 15.3 Å². The van der Waals surface area contributed by atoms with E-state index in [0.717, 1.165) is 0 Å². The molecule has 1 saturated carbocycles. The average molecular weight is 358 g/mol. The Morgan fingerprint density at radius 2 is 1.69 bits per heavy atom. The molecule has 76 valence electrons. The van der Waals surface area contributed by atoms with Crippen molar-refractivity contribution in [1.29, 1.82) is 0 Å². The molecule has 0 amide bonds. The van der Waals surface area contributed by atoms with E-state index in [1.165, 1.54) is 0 Å². The number of rotatable bonds is 2. The molecule has 5 heteroatoms. The van der Waals surface area contributed by atoms with Crippen LogP contribution in [0.2, 0.25) is 0 Å². The molecule has 0 heterocycles. The molecule has 0 aromatic rings. The van der Waals surface area contributed by atoms with Gasteiger partial charge in [0, 0.05) is 21.1 Å². The number of aliphatic hydroxyl groups excluding tert-OH is 2. The molecule has 0 aromatic carbocycles. The quantitative estimate of drug-likeness (QED) is 0.649. The number of aliphatic hydroxyl groups is 2. The van der Waals surface area contributed by atoms with Crippen molar-refractivity contribution >= 4 is 5.97 Å². The van der Waals surface area contributed by atoms with Crippen LogP contribution < -0.4 is 0 Å². The number of carbonyl (C=O) groups is 1. The van der Waals surface area contributed by atoms with Gasteiger partial charge in [0.15, 0.2) is 6.10 Å². The van der Waals surface area contributed by atoms with Crippen molar-refractivity contribution in [1.82, 2.24) is 0 Å². The molecule has 1 atom stereocenters. The monoisotopic (exact) mass is 358 g/mol. The van der Waals surface area contributed by atoms with Crippen LogP contribution in [-0.2, 0) is 25.9 Å². The first-order valence-corrected chi connectivity index (χ1v) is 4.20. The van der Waals surface area contributed by atoms with E-state index < -0.39 is 12.1 Å². The topological polar surface area (TPSA) is 77.8 Å². The van der Waals surface area contributed by atoms with Crippen molar-refractivity contribution in [2.75, 3.05) is 0 Å². The van der Waals surface area contributed by atoms with Crippen molar-refractivity contribution in [2.24, 2.45) is 5.92 Å². The molecule has 1 rings (SSSR count). The summed E-state index contributed by atoms with van der Waals surface area (Å²) in [5.74, 6) is -1.33. The number of hydrogen-bond acceptors (Lipinski definition) is 3.